The molecule has 0 fully saturated rings. The van der Waals surface area contributed by atoms with Crippen LogP contribution in [0.5, 0.6) is 0 Å². The van der Waals surface area contributed by atoms with Crippen molar-refractivity contribution < 1.29 is 9.90 Å². The molecule has 1 heterocycles. The van der Waals surface area contributed by atoms with Crippen LogP contribution < -0.4 is 0 Å². The number of nitrogens with zero attached hydrogens (tertiary/aromatic N) is 1. The van der Waals surface area contributed by atoms with E-state index in [0.29, 0.717) is 5.56 Å². The normalized spacial score (nSPS) is 10.8. The Kier molecular flexibility index (Phi) is 2.23. The predicted molar refractivity (Wildman–Crippen MR) is 59.3 cm³/mol. The fraction of sp³-hybridized carbons (Fsp3) is 0.250. The molecule has 0 saturated heterocycles. The molecular weight excluding hydrogens is 190 g/mol. The van der Waals surface area contributed by atoms with Gasteiger partial charge in [0.2, 0.25) is 0 Å². The summed E-state index contributed by atoms with van der Waals surface area (Å²) < 4.78 is 2.11. The van der Waals surface area contributed by atoms with Gasteiger partial charge in [0, 0.05) is 23.6 Å². The molecule has 78 valence electrons. The molecule has 2 aromatic rings. The second-order valence-electron chi connectivity index (χ2n) is 3.63. The summed E-state index contributed by atoms with van der Waals surface area (Å²) >= 11 is 0. The van der Waals surface area contributed by atoms with Gasteiger partial charge in [0.15, 0.2) is 0 Å². The summed E-state index contributed by atoms with van der Waals surface area (Å²) in [6.07, 6.45) is 1.98. The fourth-order valence-electron chi connectivity index (χ4n) is 1.85. The number of hydrogen-bond donors (Lipinski definition) is 1. The summed E-state index contributed by atoms with van der Waals surface area (Å²) in [5.74, 6) is -0.862. The smallest absolute Gasteiger partial charge is 0.335 e. The number of hydrogen-bond acceptors (Lipinski definition) is 1. The Balaban J connectivity index is 2.72. The van der Waals surface area contributed by atoms with Gasteiger partial charge < -0.3 is 9.67 Å². The third-order valence-electron chi connectivity index (χ3n) is 2.69. The van der Waals surface area contributed by atoms with E-state index in [0.717, 1.165) is 23.0 Å². The Morgan fingerprint density at radius 1 is 1.47 bits per heavy atom. The molecule has 0 aliphatic rings. The van der Waals surface area contributed by atoms with E-state index in [9.17, 15) is 4.79 Å². The summed E-state index contributed by atoms with van der Waals surface area (Å²) in [4.78, 5) is 10.9. The van der Waals surface area contributed by atoms with Gasteiger partial charge in [0.05, 0.1) is 5.56 Å². The highest BCUT2D eigenvalue weighted by molar-refractivity contribution is 5.95. The van der Waals surface area contributed by atoms with E-state index in [1.54, 1.807) is 6.07 Å². The number of aryl methyl sites for hydroxylation is 2. The van der Waals surface area contributed by atoms with Crippen LogP contribution in [0.25, 0.3) is 10.9 Å². The first kappa shape index (κ1) is 9.77. The number of aromatic carboxylic acids is 1. The van der Waals surface area contributed by atoms with Crippen LogP contribution in [0.1, 0.15) is 22.8 Å². The van der Waals surface area contributed by atoms with Gasteiger partial charge in [0.25, 0.3) is 0 Å². The first-order valence-electron chi connectivity index (χ1n) is 4.96. The van der Waals surface area contributed by atoms with Crippen LogP contribution in [-0.4, -0.2) is 15.6 Å². The number of carbonyl (C=O) groups is 1. The summed E-state index contributed by atoms with van der Waals surface area (Å²) in [6.45, 7) is 4.80. The molecule has 0 aliphatic heterocycles. The topological polar surface area (TPSA) is 42.2 Å². The maximum absolute atomic E-state index is 10.9. The van der Waals surface area contributed by atoms with Crippen LogP contribution in [-0.2, 0) is 6.54 Å². The maximum Gasteiger partial charge on any atom is 0.335 e. The monoisotopic (exact) mass is 203 g/mol. The number of rotatable bonds is 2. The van der Waals surface area contributed by atoms with E-state index in [4.69, 9.17) is 5.11 Å². The molecule has 15 heavy (non-hydrogen) atoms. The molecule has 0 saturated carbocycles. The first-order valence-corrected chi connectivity index (χ1v) is 4.96. The standard InChI is InChI=1S/C12H13NO2/c1-3-13-5-4-9-7-10(12(14)15)8(2)6-11(9)13/h4-7H,3H2,1-2H3,(H,14,15). The third-order valence-corrected chi connectivity index (χ3v) is 2.69. The van der Waals surface area contributed by atoms with Gasteiger partial charge in [-0.15, -0.1) is 0 Å². The minimum Gasteiger partial charge on any atom is -0.478 e. The average molecular weight is 203 g/mol. The van der Waals surface area contributed by atoms with E-state index in [1.807, 2.05) is 25.3 Å². The Labute approximate surface area is 87.9 Å². The van der Waals surface area contributed by atoms with Gasteiger partial charge in [0.1, 0.15) is 0 Å². The largest absolute Gasteiger partial charge is 0.478 e. The van der Waals surface area contributed by atoms with E-state index >= 15 is 0 Å². The lowest BCUT2D eigenvalue weighted by atomic mass is 10.1. The van der Waals surface area contributed by atoms with E-state index in [2.05, 4.69) is 11.5 Å². The number of fused-ring (bicyclic) bond motifs is 1. The van der Waals surface area contributed by atoms with E-state index in [-0.39, 0.29) is 0 Å². The number of carboxylic acid groups (broad SMARTS) is 1. The van der Waals surface area contributed by atoms with Crippen molar-refractivity contribution >= 4 is 16.9 Å². The lowest BCUT2D eigenvalue weighted by molar-refractivity contribution is 0.0696. The van der Waals surface area contributed by atoms with Gasteiger partial charge in [-0.1, -0.05) is 0 Å². The van der Waals surface area contributed by atoms with Crippen molar-refractivity contribution in [2.45, 2.75) is 20.4 Å². The summed E-state index contributed by atoms with van der Waals surface area (Å²) in [7, 11) is 0. The second-order valence-corrected chi connectivity index (χ2v) is 3.63. The molecular formula is C12H13NO2. The Hall–Kier alpha value is -1.77. The van der Waals surface area contributed by atoms with Gasteiger partial charge >= 0.3 is 5.97 Å². The fourth-order valence-corrected chi connectivity index (χ4v) is 1.85. The lowest BCUT2D eigenvalue weighted by Gasteiger charge is -2.04. The zero-order valence-electron chi connectivity index (χ0n) is 8.82. The van der Waals surface area contributed by atoms with E-state index in [1.165, 1.54) is 0 Å². The minimum atomic E-state index is -0.862. The minimum absolute atomic E-state index is 0.386. The molecule has 0 bridgehead atoms. The third kappa shape index (κ3) is 1.50. The maximum atomic E-state index is 10.9. The first-order chi connectivity index (χ1) is 7.13. The lowest BCUT2D eigenvalue weighted by Crippen LogP contribution is -2.00. The molecule has 1 aromatic carbocycles. The molecule has 0 unspecified atom stereocenters. The summed E-state index contributed by atoms with van der Waals surface area (Å²) in [5.41, 5.74) is 2.29. The van der Waals surface area contributed by atoms with Gasteiger partial charge in [-0.2, -0.15) is 0 Å². The molecule has 1 aromatic heterocycles. The van der Waals surface area contributed by atoms with Crippen molar-refractivity contribution in [1.82, 2.24) is 4.57 Å². The number of carboxylic acids is 1. The molecule has 3 nitrogen and oxygen atoms in total. The molecule has 3 heteroatoms. The van der Waals surface area contributed by atoms with Gasteiger partial charge in [-0.25, -0.2) is 4.79 Å². The van der Waals surface area contributed by atoms with Crippen LogP contribution >= 0.6 is 0 Å². The molecule has 2 rings (SSSR count). The Bertz CT molecular complexity index is 526. The van der Waals surface area contributed by atoms with Crippen LogP contribution in [0.15, 0.2) is 24.4 Å². The van der Waals surface area contributed by atoms with Crippen molar-refractivity contribution in [2.24, 2.45) is 0 Å². The number of aromatic nitrogens is 1. The van der Waals surface area contributed by atoms with Crippen molar-refractivity contribution in [3.05, 3.63) is 35.5 Å². The molecule has 0 amide bonds. The Morgan fingerprint density at radius 3 is 2.80 bits per heavy atom. The quantitative estimate of drug-likeness (QED) is 0.815. The predicted octanol–water partition coefficient (Wildman–Crippen LogP) is 2.67. The zero-order valence-corrected chi connectivity index (χ0v) is 8.82. The van der Waals surface area contributed by atoms with Crippen LogP contribution in [0.4, 0.5) is 0 Å². The van der Waals surface area contributed by atoms with Gasteiger partial charge in [-0.3, -0.25) is 0 Å². The number of benzene rings is 1. The van der Waals surface area contributed by atoms with E-state index < -0.39 is 5.97 Å². The SMILES string of the molecule is CCn1ccc2cc(C(=O)O)c(C)cc21. The molecule has 0 radical (unpaired) electrons. The van der Waals surface area contributed by atoms with Crippen molar-refractivity contribution in [1.29, 1.82) is 0 Å². The van der Waals surface area contributed by atoms with Crippen molar-refractivity contribution in [2.75, 3.05) is 0 Å². The van der Waals surface area contributed by atoms with Crippen molar-refractivity contribution in [3.63, 3.8) is 0 Å². The highest BCUT2D eigenvalue weighted by atomic mass is 16.4. The molecule has 0 aliphatic carbocycles. The van der Waals surface area contributed by atoms with Crippen LogP contribution in [0.2, 0.25) is 0 Å². The Morgan fingerprint density at radius 2 is 2.20 bits per heavy atom. The van der Waals surface area contributed by atoms with Crippen LogP contribution in [0, 0.1) is 6.92 Å². The van der Waals surface area contributed by atoms with Crippen molar-refractivity contribution in [3.8, 4) is 0 Å². The summed E-state index contributed by atoms with van der Waals surface area (Å²) in [6, 6.07) is 5.62. The molecule has 0 spiro atoms. The summed E-state index contributed by atoms with van der Waals surface area (Å²) in [5, 5.41) is 9.97. The second kappa shape index (κ2) is 3.42. The van der Waals surface area contributed by atoms with Gasteiger partial charge in [-0.05, 0) is 37.6 Å². The highest BCUT2D eigenvalue weighted by Gasteiger charge is 2.09. The van der Waals surface area contributed by atoms with Crippen LogP contribution in [0.3, 0.4) is 0 Å². The molecule has 1 N–H and O–H groups in total. The highest BCUT2D eigenvalue weighted by Crippen LogP contribution is 2.21. The zero-order chi connectivity index (χ0) is 11.0. The average Bonchev–Trinajstić information content (AvgIpc) is 2.58. The molecule has 0 atom stereocenters.